The molecular weight excluding hydrogens is 312 g/mol. The zero-order valence-corrected chi connectivity index (χ0v) is 14.2. The van der Waals surface area contributed by atoms with E-state index in [0.717, 1.165) is 12.8 Å². The first-order valence-electron chi connectivity index (χ1n) is 8.01. The molecule has 1 aromatic rings. The molecule has 1 aliphatic carbocycles. The van der Waals surface area contributed by atoms with Crippen molar-refractivity contribution in [1.29, 1.82) is 0 Å². The van der Waals surface area contributed by atoms with Crippen LogP contribution < -0.4 is 16.4 Å². The lowest BCUT2D eigenvalue weighted by Gasteiger charge is -2.27. The van der Waals surface area contributed by atoms with Crippen LogP contribution in [-0.2, 0) is 4.79 Å². The van der Waals surface area contributed by atoms with Crippen molar-refractivity contribution in [3.05, 3.63) is 16.3 Å². The van der Waals surface area contributed by atoms with Crippen LogP contribution >= 0.6 is 0 Å². The fourth-order valence-corrected chi connectivity index (χ4v) is 2.73. The van der Waals surface area contributed by atoms with E-state index in [2.05, 4.69) is 20.6 Å². The predicted octanol–water partition coefficient (Wildman–Crippen LogP) is 2.05. The number of carbonyl (C=O) groups is 1. The molecule has 2 rings (SSSR count). The minimum atomic E-state index is -0.502. The van der Waals surface area contributed by atoms with Crippen LogP contribution in [0, 0.1) is 16.0 Å². The summed E-state index contributed by atoms with van der Waals surface area (Å²) in [5.74, 6) is 0.144. The Labute approximate surface area is 140 Å². The lowest BCUT2D eigenvalue weighted by atomic mass is 9.85. The van der Waals surface area contributed by atoms with Gasteiger partial charge in [0.2, 0.25) is 17.7 Å². The second-order valence-corrected chi connectivity index (χ2v) is 7.15. The van der Waals surface area contributed by atoms with E-state index >= 15 is 0 Å². The number of anilines is 2. The molecule has 0 spiro atoms. The number of hydrogen-bond donors (Lipinski definition) is 3. The zero-order chi connectivity index (χ0) is 17.9. The van der Waals surface area contributed by atoms with Crippen LogP contribution in [0.1, 0.15) is 46.5 Å². The summed E-state index contributed by atoms with van der Waals surface area (Å²) >= 11 is 0. The van der Waals surface area contributed by atoms with Gasteiger partial charge in [0.25, 0.3) is 0 Å². The van der Waals surface area contributed by atoms with Gasteiger partial charge in [-0.2, -0.15) is 4.98 Å². The summed E-state index contributed by atoms with van der Waals surface area (Å²) in [6.45, 7) is 5.86. The molecule has 1 amide bonds. The molecule has 4 N–H and O–H groups in total. The van der Waals surface area contributed by atoms with Gasteiger partial charge in [0.05, 0.1) is 4.92 Å². The van der Waals surface area contributed by atoms with Crippen molar-refractivity contribution in [3.8, 4) is 0 Å². The maximum Gasteiger partial charge on any atom is 0.329 e. The fourth-order valence-electron chi connectivity index (χ4n) is 2.73. The highest BCUT2D eigenvalue weighted by molar-refractivity contribution is 5.76. The van der Waals surface area contributed by atoms with Crippen LogP contribution in [-0.4, -0.2) is 32.4 Å². The molecule has 0 radical (unpaired) electrons. The highest BCUT2D eigenvalue weighted by Gasteiger charge is 2.27. The Balaban J connectivity index is 2.14. The number of nitro groups is 1. The quantitative estimate of drug-likeness (QED) is 0.553. The van der Waals surface area contributed by atoms with E-state index in [9.17, 15) is 14.9 Å². The Morgan fingerprint density at radius 3 is 2.46 bits per heavy atom. The third kappa shape index (κ3) is 4.77. The van der Waals surface area contributed by atoms with Gasteiger partial charge in [0.15, 0.2) is 0 Å². The normalized spacial score (nSPS) is 21.1. The molecule has 1 heterocycles. The number of nitrogens with two attached hydrogens (primary N) is 1. The van der Waals surface area contributed by atoms with E-state index < -0.39 is 4.92 Å². The van der Waals surface area contributed by atoms with Gasteiger partial charge in [-0.3, -0.25) is 14.9 Å². The summed E-state index contributed by atoms with van der Waals surface area (Å²) in [4.78, 5) is 30.2. The fraction of sp³-hybridized carbons (Fsp3) is 0.667. The van der Waals surface area contributed by atoms with E-state index in [-0.39, 0.29) is 34.9 Å². The number of nitrogens with one attached hydrogen (secondary N) is 2. The number of amides is 1. The first kappa shape index (κ1) is 17.9. The zero-order valence-electron chi connectivity index (χ0n) is 14.2. The van der Waals surface area contributed by atoms with E-state index in [1.165, 1.54) is 6.20 Å². The molecule has 0 saturated heterocycles. The minimum absolute atomic E-state index is 0.0247. The summed E-state index contributed by atoms with van der Waals surface area (Å²) in [5.41, 5.74) is 4.91. The van der Waals surface area contributed by atoms with E-state index in [1.807, 2.05) is 20.8 Å². The molecule has 1 aliphatic rings. The van der Waals surface area contributed by atoms with Gasteiger partial charge < -0.3 is 16.4 Å². The summed E-state index contributed by atoms with van der Waals surface area (Å²) in [6, 6.07) is 0.0247. The van der Waals surface area contributed by atoms with Gasteiger partial charge in [0, 0.05) is 17.5 Å². The average Bonchev–Trinajstić information content (AvgIpc) is 2.46. The Bertz CT molecular complexity index is 620. The molecule has 0 aromatic carbocycles. The van der Waals surface area contributed by atoms with Crippen LogP contribution in [0.2, 0.25) is 0 Å². The van der Waals surface area contributed by atoms with Crippen LogP contribution in [0.5, 0.6) is 0 Å². The van der Waals surface area contributed by atoms with Crippen molar-refractivity contribution in [2.24, 2.45) is 11.7 Å². The summed E-state index contributed by atoms with van der Waals surface area (Å²) in [6.07, 6.45) is 4.00. The average molecular weight is 336 g/mol. The SMILES string of the molecule is CC(C)(C)Nc1ncc([N+](=O)[O-])c(NC2CCC(C(N)=O)CC2)n1. The van der Waals surface area contributed by atoms with Crippen LogP contribution in [0.25, 0.3) is 0 Å². The molecular formula is C15H24N6O3. The lowest BCUT2D eigenvalue weighted by molar-refractivity contribution is -0.384. The molecule has 132 valence electrons. The highest BCUT2D eigenvalue weighted by Crippen LogP contribution is 2.29. The van der Waals surface area contributed by atoms with Crippen molar-refractivity contribution < 1.29 is 9.72 Å². The van der Waals surface area contributed by atoms with E-state index in [4.69, 9.17) is 5.73 Å². The van der Waals surface area contributed by atoms with Crippen molar-refractivity contribution in [1.82, 2.24) is 9.97 Å². The van der Waals surface area contributed by atoms with Gasteiger partial charge in [-0.1, -0.05) is 0 Å². The number of nitrogens with zero attached hydrogens (tertiary/aromatic N) is 3. The van der Waals surface area contributed by atoms with Gasteiger partial charge in [-0.05, 0) is 46.5 Å². The van der Waals surface area contributed by atoms with E-state index in [0.29, 0.717) is 18.8 Å². The number of rotatable bonds is 5. The summed E-state index contributed by atoms with van der Waals surface area (Å²) < 4.78 is 0. The molecule has 9 heteroatoms. The molecule has 9 nitrogen and oxygen atoms in total. The number of carbonyl (C=O) groups excluding carboxylic acids is 1. The van der Waals surface area contributed by atoms with Gasteiger partial charge in [0.1, 0.15) is 6.20 Å². The third-order valence-corrected chi connectivity index (χ3v) is 3.92. The van der Waals surface area contributed by atoms with Crippen LogP contribution in [0.15, 0.2) is 6.20 Å². The molecule has 0 bridgehead atoms. The molecule has 1 saturated carbocycles. The number of primary amides is 1. The second-order valence-electron chi connectivity index (χ2n) is 7.15. The first-order valence-corrected chi connectivity index (χ1v) is 8.01. The number of aromatic nitrogens is 2. The minimum Gasteiger partial charge on any atom is -0.369 e. The first-order chi connectivity index (χ1) is 11.2. The van der Waals surface area contributed by atoms with Crippen molar-refractivity contribution in [2.75, 3.05) is 10.6 Å². The Morgan fingerprint density at radius 2 is 1.96 bits per heavy atom. The molecule has 0 atom stereocenters. The number of hydrogen-bond acceptors (Lipinski definition) is 7. The largest absolute Gasteiger partial charge is 0.369 e. The topological polar surface area (TPSA) is 136 Å². The second kappa shape index (κ2) is 6.98. The molecule has 0 unspecified atom stereocenters. The molecule has 0 aliphatic heterocycles. The summed E-state index contributed by atoms with van der Waals surface area (Å²) in [7, 11) is 0. The lowest BCUT2D eigenvalue weighted by Crippen LogP contribution is -2.33. The van der Waals surface area contributed by atoms with Gasteiger partial charge >= 0.3 is 5.69 Å². The molecule has 1 fully saturated rings. The Hall–Kier alpha value is -2.45. The van der Waals surface area contributed by atoms with Gasteiger partial charge in [-0.15, -0.1) is 0 Å². The van der Waals surface area contributed by atoms with Crippen LogP contribution in [0.3, 0.4) is 0 Å². The van der Waals surface area contributed by atoms with Gasteiger partial charge in [-0.25, -0.2) is 4.98 Å². The standard InChI is InChI=1S/C15H24N6O3/c1-15(2,3)20-14-17-8-11(21(23)24)13(19-14)18-10-6-4-9(5-7-10)12(16)22/h8-10H,4-7H2,1-3H3,(H2,16,22)(H2,17,18,19,20). The van der Waals surface area contributed by atoms with Crippen molar-refractivity contribution >= 4 is 23.4 Å². The Morgan fingerprint density at radius 1 is 1.33 bits per heavy atom. The highest BCUT2D eigenvalue weighted by atomic mass is 16.6. The molecule has 24 heavy (non-hydrogen) atoms. The predicted molar refractivity (Wildman–Crippen MR) is 90.6 cm³/mol. The maximum absolute atomic E-state index is 11.2. The Kier molecular flexibility index (Phi) is 5.20. The monoisotopic (exact) mass is 336 g/mol. The third-order valence-electron chi connectivity index (χ3n) is 3.92. The summed E-state index contributed by atoms with van der Waals surface area (Å²) in [5, 5.41) is 17.4. The van der Waals surface area contributed by atoms with Crippen LogP contribution in [0.4, 0.5) is 17.5 Å². The van der Waals surface area contributed by atoms with Crippen molar-refractivity contribution in [2.45, 2.75) is 58.0 Å². The maximum atomic E-state index is 11.2. The molecule has 1 aromatic heterocycles. The van der Waals surface area contributed by atoms with Crippen molar-refractivity contribution in [3.63, 3.8) is 0 Å². The van der Waals surface area contributed by atoms with E-state index in [1.54, 1.807) is 0 Å². The smallest absolute Gasteiger partial charge is 0.329 e.